The molecule has 1 aliphatic rings. The van der Waals surface area contributed by atoms with Crippen molar-refractivity contribution >= 4 is 22.7 Å². The van der Waals surface area contributed by atoms with Gasteiger partial charge < -0.3 is 0 Å². The zero-order valence-electron chi connectivity index (χ0n) is 7.87. The Morgan fingerprint density at radius 1 is 1.29 bits per heavy atom. The van der Waals surface area contributed by atoms with E-state index in [0.29, 0.717) is 5.56 Å². The van der Waals surface area contributed by atoms with Gasteiger partial charge in [-0.05, 0) is 29.8 Å². The summed E-state index contributed by atoms with van der Waals surface area (Å²) in [6, 6.07) is 5.67. The van der Waals surface area contributed by atoms with Crippen LogP contribution in [0.2, 0.25) is 0 Å². The second-order valence-corrected chi connectivity index (χ2v) is 4.27. The van der Waals surface area contributed by atoms with Gasteiger partial charge in [-0.1, -0.05) is 25.5 Å². The Bertz CT molecular complexity index is 410. The van der Waals surface area contributed by atoms with Crippen molar-refractivity contribution in [2.75, 3.05) is 0 Å². The van der Waals surface area contributed by atoms with Crippen LogP contribution in [0.5, 0.6) is 0 Å². The highest BCUT2D eigenvalue weighted by Crippen LogP contribution is 2.34. The minimum atomic E-state index is -0.344. The highest BCUT2D eigenvalue weighted by Gasteiger charge is 2.31. The molecule has 0 spiro atoms. The molecular weight excluding hydrogens is 196 g/mol. The first kappa shape index (κ1) is 9.46. The van der Waals surface area contributed by atoms with Crippen LogP contribution < -0.4 is 0 Å². The topological polar surface area (TPSA) is 34.1 Å². The average molecular weight is 206 g/mol. The van der Waals surface area contributed by atoms with E-state index in [2.05, 4.69) is 6.92 Å². The monoisotopic (exact) mass is 206 g/mol. The van der Waals surface area contributed by atoms with E-state index in [-0.39, 0.29) is 10.9 Å². The van der Waals surface area contributed by atoms with E-state index in [1.807, 2.05) is 18.2 Å². The van der Waals surface area contributed by atoms with Crippen LogP contribution in [0.1, 0.15) is 29.3 Å². The van der Waals surface area contributed by atoms with E-state index in [0.717, 1.165) is 35.1 Å². The molecule has 72 valence electrons. The number of ketones is 1. The van der Waals surface area contributed by atoms with Gasteiger partial charge in [0.2, 0.25) is 5.78 Å². The van der Waals surface area contributed by atoms with E-state index >= 15 is 0 Å². The van der Waals surface area contributed by atoms with E-state index < -0.39 is 0 Å². The lowest BCUT2D eigenvalue weighted by Crippen LogP contribution is -2.05. The number of hydrogen-bond donors (Lipinski definition) is 0. The Labute approximate surface area is 86.7 Å². The number of fused-ring (bicyclic) bond motifs is 1. The van der Waals surface area contributed by atoms with Gasteiger partial charge in [-0.15, -0.1) is 0 Å². The smallest absolute Gasteiger partial charge is 0.264 e. The Hall–Kier alpha value is -1.09. The van der Waals surface area contributed by atoms with E-state index in [1.54, 1.807) is 0 Å². The van der Waals surface area contributed by atoms with Gasteiger partial charge in [-0.2, -0.15) is 0 Å². The Morgan fingerprint density at radius 3 is 2.79 bits per heavy atom. The molecule has 0 unspecified atom stereocenters. The number of benzene rings is 1. The fraction of sp³-hybridized carbons (Fsp3) is 0.273. The third-order valence-corrected chi connectivity index (χ3v) is 3.18. The van der Waals surface area contributed by atoms with Crippen molar-refractivity contribution in [3.63, 3.8) is 0 Å². The molecule has 0 N–H and O–H groups in total. The van der Waals surface area contributed by atoms with E-state index in [9.17, 15) is 9.59 Å². The first-order chi connectivity index (χ1) is 6.74. The number of aryl methyl sites for hydroxylation is 1. The molecule has 0 aliphatic carbocycles. The molecule has 1 aromatic carbocycles. The lowest BCUT2D eigenvalue weighted by molar-refractivity contribution is -0.107. The maximum absolute atomic E-state index is 11.5. The third-order valence-electron chi connectivity index (χ3n) is 2.25. The van der Waals surface area contributed by atoms with Crippen molar-refractivity contribution in [2.45, 2.75) is 24.7 Å². The van der Waals surface area contributed by atoms with E-state index in [1.165, 1.54) is 0 Å². The summed E-state index contributed by atoms with van der Waals surface area (Å²) in [7, 11) is 0. The Balaban J connectivity index is 2.52. The molecule has 1 aromatic rings. The standard InChI is InChI=1S/C11H10O2S/c1-2-4-7-5-3-6-8-9(7)10(12)11(13)14-8/h3,5-6H,2,4H2,1H3. The van der Waals surface area contributed by atoms with Crippen LogP contribution in [0.4, 0.5) is 0 Å². The summed E-state index contributed by atoms with van der Waals surface area (Å²) in [5.41, 5.74) is 1.65. The highest BCUT2D eigenvalue weighted by molar-refractivity contribution is 8.16. The highest BCUT2D eigenvalue weighted by atomic mass is 32.2. The van der Waals surface area contributed by atoms with Gasteiger partial charge in [0, 0.05) is 10.5 Å². The summed E-state index contributed by atoms with van der Waals surface area (Å²) in [4.78, 5) is 23.5. The van der Waals surface area contributed by atoms with Gasteiger partial charge in [-0.25, -0.2) is 0 Å². The molecule has 0 fully saturated rings. The SMILES string of the molecule is CCCc1cccc2c1C(=O)C(=O)S2. The summed E-state index contributed by atoms with van der Waals surface area (Å²) in [5.74, 6) is -0.325. The summed E-state index contributed by atoms with van der Waals surface area (Å²) in [6.07, 6.45) is 1.85. The molecular formula is C11H10O2S. The quantitative estimate of drug-likeness (QED) is 0.697. The molecule has 0 saturated heterocycles. The molecule has 0 saturated carbocycles. The molecule has 1 aliphatic heterocycles. The summed E-state index contributed by atoms with van der Waals surface area (Å²) >= 11 is 1.05. The first-order valence-corrected chi connectivity index (χ1v) is 5.44. The number of hydrogen-bond acceptors (Lipinski definition) is 3. The average Bonchev–Trinajstić information content (AvgIpc) is 2.45. The van der Waals surface area contributed by atoms with Crippen LogP contribution in [0, 0.1) is 0 Å². The van der Waals surface area contributed by atoms with Gasteiger partial charge >= 0.3 is 0 Å². The van der Waals surface area contributed by atoms with Crippen molar-refractivity contribution in [1.29, 1.82) is 0 Å². The molecule has 2 nitrogen and oxygen atoms in total. The minimum absolute atomic E-state index is 0.325. The van der Waals surface area contributed by atoms with Crippen LogP contribution in [-0.4, -0.2) is 10.9 Å². The van der Waals surface area contributed by atoms with Crippen LogP contribution in [0.15, 0.2) is 23.1 Å². The summed E-state index contributed by atoms with van der Waals surface area (Å²) in [5, 5.41) is -0.344. The third kappa shape index (κ3) is 1.38. The van der Waals surface area contributed by atoms with Gasteiger partial charge in [0.1, 0.15) is 0 Å². The molecule has 3 heteroatoms. The van der Waals surface area contributed by atoms with Gasteiger partial charge in [-0.3, -0.25) is 9.59 Å². The molecule has 0 aromatic heterocycles. The number of carbonyl (C=O) groups is 2. The van der Waals surface area contributed by atoms with E-state index in [4.69, 9.17) is 0 Å². The number of thioether (sulfide) groups is 1. The largest absolute Gasteiger partial charge is 0.284 e. The predicted octanol–water partition coefficient (Wildman–Crippen LogP) is 2.45. The summed E-state index contributed by atoms with van der Waals surface area (Å²) < 4.78 is 0. The minimum Gasteiger partial charge on any atom is -0.284 e. The molecule has 14 heavy (non-hydrogen) atoms. The number of rotatable bonds is 2. The second-order valence-electron chi connectivity index (χ2n) is 3.26. The van der Waals surface area contributed by atoms with Crippen LogP contribution in [0.25, 0.3) is 0 Å². The molecule has 2 rings (SSSR count). The van der Waals surface area contributed by atoms with Crippen molar-refractivity contribution in [3.05, 3.63) is 29.3 Å². The van der Waals surface area contributed by atoms with Crippen molar-refractivity contribution in [1.82, 2.24) is 0 Å². The maximum atomic E-state index is 11.5. The Kier molecular flexibility index (Phi) is 2.42. The Morgan fingerprint density at radius 2 is 2.07 bits per heavy atom. The predicted molar refractivity (Wildman–Crippen MR) is 55.6 cm³/mol. The first-order valence-electron chi connectivity index (χ1n) is 4.62. The lowest BCUT2D eigenvalue weighted by Gasteiger charge is -2.03. The van der Waals surface area contributed by atoms with Crippen LogP contribution in [-0.2, 0) is 11.2 Å². The number of carbonyl (C=O) groups excluding carboxylic acids is 2. The molecule has 1 heterocycles. The van der Waals surface area contributed by atoms with Gasteiger partial charge in [0.05, 0.1) is 0 Å². The second kappa shape index (κ2) is 3.58. The van der Waals surface area contributed by atoms with Crippen LogP contribution >= 0.6 is 11.8 Å². The van der Waals surface area contributed by atoms with Crippen molar-refractivity contribution < 1.29 is 9.59 Å². The van der Waals surface area contributed by atoms with Gasteiger partial charge in [0.25, 0.3) is 5.12 Å². The number of Topliss-reactive ketones (excluding diaryl/α,β-unsaturated/α-hetero) is 1. The maximum Gasteiger partial charge on any atom is 0.264 e. The molecule has 0 bridgehead atoms. The molecule has 0 radical (unpaired) electrons. The van der Waals surface area contributed by atoms with Crippen LogP contribution in [0.3, 0.4) is 0 Å². The zero-order chi connectivity index (χ0) is 10.1. The van der Waals surface area contributed by atoms with Crippen molar-refractivity contribution in [2.24, 2.45) is 0 Å². The fourth-order valence-corrected chi connectivity index (χ4v) is 2.51. The normalized spacial score (nSPS) is 14.6. The zero-order valence-corrected chi connectivity index (χ0v) is 8.69. The summed E-state index contributed by atoms with van der Waals surface area (Å²) in [6.45, 7) is 2.06. The van der Waals surface area contributed by atoms with Crippen molar-refractivity contribution in [3.8, 4) is 0 Å². The van der Waals surface area contributed by atoms with Gasteiger partial charge in [0.15, 0.2) is 0 Å². The lowest BCUT2D eigenvalue weighted by atomic mass is 10.0. The molecule has 0 amide bonds. The fourth-order valence-electron chi connectivity index (χ4n) is 1.65. The molecule has 0 atom stereocenters.